The van der Waals surface area contributed by atoms with Crippen LogP contribution in [0, 0.1) is 11.8 Å². The Bertz CT molecular complexity index is 720. The van der Waals surface area contributed by atoms with Crippen LogP contribution >= 0.6 is 0 Å². The third-order valence-corrected chi connectivity index (χ3v) is 3.82. The third kappa shape index (κ3) is 2.52. The van der Waals surface area contributed by atoms with E-state index in [9.17, 15) is 14.7 Å². The van der Waals surface area contributed by atoms with Crippen LogP contribution in [0.4, 0.5) is 5.69 Å². The molecule has 0 saturated carbocycles. The van der Waals surface area contributed by atoms with E-state index in [-0.39, 0.29) is 5.91 Å². The summed E-state index contributed by atoms with van der Waals surface area (Å²) in [7, 11) is 0. The summed E-state index contributed by atoms with van der Waals surface area (Å²) in [6.45, 7) is 0. The standard InChI is InChI=1S/C15H15N3O3/c19-14(10-5-1-2-6-11(10)15(20)21)17-12-7-3-4-9-8-16-18-13(9)12/h1-4,7-8,10-11H,5-6H2,(H,16,18)(H,17,19)(H,20,21)/t10-,11+/m1/s1. The summed E-state index contributed by atoms with van der Waals surface area (Å²) in [5.41, 5.74) is 1.36. The number of anilines is 1. The van der Waals surface area contributed by atoms with Gasteiger partial charge in [0.05, 0.1) is 29.2 Å². The van der Waals surface area contributed by atoms with Crippen LogP contribution in [-0.2, 0) is 9.59 Å². The Labute approximate surface area is 120 Å². The van der Waals surface area contributed by atoms with Gasteiger partial charge in [-0.15, -0.1) is 0 Å². The van der Waals surface area contributed by atoms with Crippen molar-refractivity contribution in [2.75, 3.05) is 5.32 Å². The summed E-state index contributed by atoms with van der Waals surface area (Å²) in [5, 5.41) is 19.7. The van der Waals surface area contributed by atoms with Gasteiger partial charge in [-0.2, -0.15) is 5.10 Å². The van der Waals surface area contributed by atoms with Crippen molar-refractivity contribution in [3.05, 3.63) is 36.5 Å². The molecule has 0 bridgehead atoms. The maximum Gasteiger partial charge on any atom is 0.307 e. The van der Waals surface area contributed by atoms with E-state index in [4.69, 9.17) is 0 Å². The number of fused-ring (bicyclic) bond motifs is 1. The number of carbonyl (C=O) groups is 2. The highest BCUT2D eigenvalue weighted by Gasteiger charge is 2.34. The molecule has 0 fully saturated rings. The summed E-state index contributed by atoms with van der Waals surface area (Å²) >= 11 is 0. The Hall–Kier alpha value is -2.63. The Morgan fingerprint density at radius 3 is 2.76 bits per heavy atom. The molecule has 3 rings (SSSR count). The number of H-pyrrole nitrogens is 1. The number of aliphatic carboxylic acids is 1. The van der Waals surface area contributed by atoms with Gasteiger partial charge >= 0.3 is 5.97 Å². The molecule has 0 aliphatic heterocycles. The predicted octanol–water partition coefficient (Wildman–Crippen LogP) is 2.17. The maximum absolute atomic E-state index is 12.4. The number of hydrogen-bond acceptors (Lipinski definition) is 3. The monoisotopic (exact) mass is 285 g/mol. The first-order chi connectivity index (χ1) is 10.2. The summed E-state index contributed by atoms with van der Waals surface area (Å²) in [4.78, 5) is 23.7. The topological polar surface area (TPSA) is 95.1 Å². The molecule has 1 aromatic heterocycles. The number of carboxylic acids is 1. The zero-order chi connectivity index (χ0) is 14.8. The number of nitrogens with zero attached hydrogens (tertiary/aromatic N) is 1. The number of hydrogen-bond donors (Lipinski definition) is 3. The van der Waals surface area contributed by atoms with Gasteiger partial charge < -0.3 is 10.4 Å². The number of carbonyl (C=O) groups excluding carboxylic acids is 1. The van der Waals surface area contributed by atoms with E-state index in [1.165, 1.54) is 0 Å². The number of allylic oxidation sites excluding steroid dienone is 2. The number of carboxylic acid groups (broad SMARTS) is 1. The van der Waals surface area contributed by atoms with Crippen molar-refractivity contribution in [1.82, 2.24) is 10.2 Å². The predicted molar refractivity (Wildman–Crippen MR) is 77.7 cm³/mol. The number of aromatic nitrogens is 2. The lowest BCUT2D eigenvalue weighted by atomic mass is 9.82. The lowest BCUT2D eigenvalue weighted by Gasteiger charge is -2.24. The number of amides is 1. The van der Waals surface area contributed by atoms with Crippen molar-refractivity contribution in [1.29, 1.82) is 0 Å². The fourth-order valence-electron chi connectivity index (χ4n) is 2.68. The molecule has 6 heteroatoms. The minimum Gasteiger partial charge on any atom is -0.481 e. The van der Waals surface area contributed by atoms with Crippen LogP contribution in [0.3, 0.4) is 0 Å². The van der Waals surface area contributed by atoms with E-state index in [1.807, 2.05) is 24.3 Å². The number of nitrogens with one attached hydrogen (secondary N) is 2. The fraction of sp³-hybridized carbons (Fsp3) is 0.267. The van der Waals surface area contributed by atoms with Gasteiger partial charge in [0.1, 0.15) is 0 Å². The second-order valence-corrected chi connectivity index (χ2v) is 5.12. The molecule has 0 spiro atoms. The van der Waals surface area contributed by atoms with Crippen LogP contribution in [0.5, 0.6) is 0 Å². The van der Waals surface area contributed by atoms with Gasteiger partial charge in [-0.05, 0) is 18.9 Å². The first-order valence-electron chi connectivity index (χ1n) is 6.77. The van der Waals surface area contributed by atoms with Gasteiger partial charge in [-0.3, -0.25) is 14.7 Å². The average Bonchev–Trinajstić information content (AvgIpc) is 2.96. The van der Waals surface area contributed by atoms with Crippen LogP contribution in [0.1, 0.15) is 12.8 Å². The molecule has 0 unspecified atom stereocenters. The highest BCUT2D eigenvalue weighted by molar-refractivity contribution is 6.02. The molecule has 1 heterocycles. The quantitative estimate of drug-likeness (QED) is 0.753. The summed E-state index contributed by atoms with van der Waals surface area (Å²) in [6, 6.07) is 5.48. The molecule has 108 valence electrons. The van der Waals surface area contributed by atoms with Crippen molar-refractivity contribution in [2.24, 2.45) is 11.8 Å². The van der Waals surface area contributed by atoms with Gasteiger partial charge in [0, 0.05) is 5.39 Å². The average molecular weight is 285 g/mol. The molecule has 3 N–H and O–H groups in total. The number of rotatable bonds is 3. The zero-order valence-corrected chi connectivity index (χ0v) is 11.2. The summed E-state index contributed by atoms with van der Waals surface area (Å²) < 4.78 is 0. The number of para-hydroxylation sites is 1. The Morgan fingerprint density at radius 2 is 2.00 bits per heavy atom. The second kappa shape index (κ2) is 5.40. The Balaban J connectivity index is 1.84. The first-order valence-corrected chi connectivity index (χ1v) is 6.77. The summed E-state index contributed by atoms with van der Waals surface area (Å²) in [6.07, 6.45) is 6.19. The van der Waals surface area contributed by atoms with Crippen LogP contribution in [0.15, 0.2) is 36.5 Å². The minimum atomic E-state index is -0.931. The lowest BCUT2D eigenvalue weighted by Crippen LogP contribution is -2.34. The molecule has 21 heavy (non-hydrogen) atoms. The molecule has 2 aromatic rings. The van der Waals surface area contributed by atoms with Crippen molar-refractivity contribution in [3.8, 4) is 0 Å². The van der Waals surface area contributed by atoms with Gasteiger partial charge in [0.25, 0.3) is 0 Å². The van der Waals surface area contributed by atoms with E-state index >= 15 is 0 Å². The van der Waals surface area contributed by atoms with E-state index in [1.54, 1.807) is 12.3 Å². The molecule has 1 aliphatic carbocycles. The molecular formula is C15H15N3O3. The Morgan fingerprint density at radius 1 is 1.24 bits per heavy atom. The molecule has 6 nitrogen and oxygen atoms in total. The number of benzene rings is 1. The van der Waals surface area contributed by atoms with Gasteiger partial charge in [0.2, 0.25) is 5.91 Å². The van der Waals surface area contributed by atoms with Crippen molar-refractivity contribution < 1.29 is 14.7 Å². The molecular weight excluding hydrogens is 270 g/mol. The van der Waals surface area contributed by atoms with Crippen LogP contribution in [0.25, 0.3) is 10.9 Å². The molecule has 1 aliphatic rings. The Kier molecular flexibility index (Phi) is 3.43. The molecule has 1 aromatic carbocycles. The van der Waals surface area contributed by atoms with E-state index < -0.39 is 17.8 Å². The molecule has 2 atom stereocenters. The first kappa shape index (κ1) is 13.4. The van der Waals surface area contributed by atoms with Crippen molar-refractivity contribution >= 4 is 28.5 Å². The van der Waals surface area contributed by atoms with Gasteiger partial charge in [-0.1, -0.05) is 24.3 Å². The van der Waals surface area contributed by atoms with E-state index in [0.29, 0.717) is 18.5 Å². The molecule has 0 radical (unpaired) electrons. The van der Waals surface area contributed by atoms with Crippen molar-refractivity contribution in [2.45, 2.75) is 12.8 Å². The SMILES string of the molecule is O=C(O)[C@H]1CC=CC[C@H]1C(=O)Nc1cccc2cn[nH]c12. The maximum atomic E-state index is 12.4. The van der Waals surface area contributed by atoms with Crippen LogP contribution in [-0.4, -0.2) is 27.2 Å². The third-order valence-electron chi connectivity index (χ3n) is 3.82. The van der Waals surface area contributed by atoms with E-state index in [2.05, 4.69) is 15.5 Å². The van der Waals surface area contributed by atoms with Crippen LogP contribution < -0.4 is 5.32 Å². The van der Waals surface area contributed by atoms with Gasteiger partial charge in [-0.25, -0.2) is 0 Å². The highest BCUT2D eigenvalue weighted by atomic mass is 16.4. The largest absolute Gasteiger partial charge is 0.481 e. The van der Waals surface area contributed by atoms with Crippen molar-refractivity contribution in [3.63, 3.8) is 0 Å². The van der Waals surface area contributed by atoms with E-state index in [0.717, 1.165) is 10.9 Å². The van der Waals surface area contributed by atoms with Gasteiger partial charge in [0.15, 0.2) is 0 Å². The second-order valence-electron chi connectivity index (χ2n) is 5.12. The lowest BCUT2D eigenvalue weighted by molar-refractivity contribution is -0.146. The normalized spacial score (nSPS) is 21.3. The molecule has 1 amide bonds. The highest BCUT2D eigenvalue weighted by Crippen LogP contribution is 2.28. The molecule has 0 saturated heterocycles. The number of aromatic amines is 1. The summed E-state index contributed by atoms with van der Waals surface area (Å²) in [5.74, 6) is -2.42. The minimum absolute atomic E-state index is 0.270. The van der Waals surface area contributed by atoms with Crippen LogP contribution in [0.2, 0.25) is 0 Å². The smallest absolute Gasteiger partial charge is 0.307 e. The zero-order valence-electron chi connectivity index (χ0n) is 11.2. The fourth-order valence-corrected chi connectivity index (χ4v) is 2.68.